The minimum atomic E-state index is 0. The van der Waals surface area contributed by atoms with Crippen molar-refractivity contribution in [1.29, 1.82) is 0 Å². The van der Waals surface area contributed by atoms with Crippen LogP contribution in [0.1, 0.15) is 37.7 Å². The van der Waals surface area contributed by atoms with E-state index < -0.39 is 0 Å². The van der Waals surface area contributed by atoms with Crippen molar-refractivity contribution in [2.24, 2.45) is 23.7 Å². The summed E-state index contributed by atoms with van der Waals surface area (Å²) in [5.41, 5.74) is 1.14. The summed E-state index contributed by atoms with van der Waals surface area (Å²) in [7, 11) is 5.02. The van der Waals surface area contributed by atoms with Crippen LogP contribution in [0.15, 0.2) is 12.1 Å². The lowest BCUT2D eigenvalue weighted by Crippen LogP contribution is -3.00. The molecule has 0 unspecified atom stereocenters. The molecule has 4 nitrogen and oxygen atoms in total. The van der Waals surface area contributed by atoms with Crippen LogP contribution in [0.5, 0.6) is 17.2 Å². The van der Waals surface area contributed by atoms with E-state index in [4.69, 9.17) is 14.2 Å². The first-order chi connectivity index (χ1) is 11.7. The molecule has 1 N–H and O–H groups in total. The number of ether oxygens (including phenoxy) is 3. The molecule has 1 aromatic carbocycles. The Morgan fingerprint density at radius 2 is 1.44 bits per heavy atom. The van der Waals surface area contributed by atoms with Crippen molar-refractivity contribution >= 4 is 0 Å². The number of nitrogens with one attached hydrogen (secondary N) is 1. The molecule has 4 saturated carbocycles. The summed E-state index contributed by atoms with van der Waals surface area (Å²) < 4.78 is 16.5. The molecule has 4 bridgehead atoms. The highest BCUT2D eigenvalue weighted by atomic mass is 35.5. The van der Waals surface area contributed by atoms with Crippen LogP contribution in [-0.2, 0) is 6.54 Å². The smallest absolute Gasteiger partial charge is 0.203 e. The van der Waals surface area contributed by atoms with Gasteiger partial charge in [-0.15, -0.1) is 0 Å². The quantitative estimate of drug-likeness (QED) is 0.801. The molecule has 0 atom stereocenters. The average Bonchev–Trinajstić information content (AvgIpc) is 2.59. The predicted molar refractivity (Wildman–Crippen MR) is 93.8 cm³/mol. The Morgan fingerprint density at radius 1 is 0.840 bits per heavy atom. The summed E-state index contributed by atoms with van der Waals surface area (Å²) in [6, 6.07) is 4.73. The van der Waals surface area contributed by atoms with Crippen LogP contribution in [0.3, 0.4) is 0 Å². The Hall–Kier alpha value is -1.13. The molecule has 4 aliphatic carbocycles. The molecule has 25 heavy (non-hydrogen) atoms. The third-order valence-corrected chi connectivity index (χ3v) is 6.54. The van der Waals surface area contributed by atoms with Crippen molar-refractivity contribution in [3.8, 4) is 17.2 Å². The fourth-order valence-electron chi connectivity index (χ4n) is 5.79. The van der Waals surface area contributed by atoms with Crippen LogP contribution in [0.25, 0.3) is 0 Å². The SMILES string of the molecule is COc1ccc(CNC2C3CC4CC(C3)CC2C4)c(OC)c1OC.[Cl-]. The van der Waals surface area contributed by atoms with Gasteiger partial charge in [-0.2, -0.15) is 0 Å². The van der Waals surface area contributed by atoms with Gasteiger partial charge in [0.05, 0.1) is 21.3 Å². The average molecular weight is 367 g/mol. The Morgan fingerprint density at radius 3 is 1.96 bits per heavy atom. The molecule has 0 heterocycles. The minimum absolute atomic E-state index is 0. The summed E-state index contributed by atoms with van der Waals surface area (Å²) in [5.74, 6) is 5.98. The Kier molecular flexibility index (Phi) is 5.69. The third-order valence-electron chi connectivity index (χ3n) is 6.54. The molecule has 1 aromatic rings. The van der Waals surface area contributed by atoms with Crippen molar-refractivity contribution in [2.75, 3.05) is 21.3 Å². The largest absolute Gasteiger partial charge is 1.00 e. The number of halogens is 1. The maximum atomic E-state index is 5.62. The topological polar surface area (TPSA) is 39.7 Å². The zero-order chi connectivity index (χ0) is 16.7. The molecule has 0 aliphatic heterocycles. The summed E-state index contributed by atoms with van der Waals surface area (Å²) in [5, 5.41) is 3.87. The van der Waals surface area contributed by atoms with E-state index in [1.54, 1.807) is 21.3 Å². The van der Waals surface area contributed by atoms with Crippen LogP contribution >= 0.6 is 0 Å². The van der Waals surface area contributed by atoms with Crippen LogP contribution in [0.2, 0.25) is 0 Å². The van der Waals surface area contributed by atoms with Crippen molar-refractivity contribution in [3.63, 3.8) is 0 Å². The lowest BCUT2D eigenvalue weighted by atomic mass is 9.54. The van der Waals surface area contributed by atoms with E-state index in [1.165, 1.54) is 32.1 Å². The first-order valence-corrected chi connectivity index (χ1v) is 9.24. The standard InChI is InChI=1S/C20H29NO3.ClH/c1-22-17-5-4-14(19(23-2)20(17)24-3)11-21-18-15-7-12-6-13(9-15)10-16(18)8-12;/h4-5,12-13,15-16,18,21H,6-11H2,1-3H3;1H/p-1. The predicted octanol–water partition coefficient (Wildman–Crippen LogP) is 0.631. The van der Waals surface area contributed by atoms with Gasteiger partial charge in [0.15, 0.2) is 11.5 Å². The molecule has 4 fully saturated rings. The lowest BCUT2D eigenvalue weighted by Gasteiger charge is -2.54. The number of hydrogen-bond acceptors (Lipinski definition) is 4. The molecule has 5 rings (SSSR count). The summed E-state index contributed by atoms with van der Waals surface area (Å²) in [6.07, 6.45) is 7.26. The second-order valence-corrected chi connectivity index (χ2v) is 7.83. The first-order valence-electron chi connectivity index (χ1n) is 9.24. The molecule has 5 heteroatoms. The van der Waals surface area contributed by atoms with E-state index in [-0.39, 0.29) is 12.4 Å². The van der Waals surface area contributed by atoms with Crippen molar-refractivity contribution < 1.29 is 26.6 Å². The van der Waals surface area contributed by atoms with Crippen LogP contribution < -0.4 is 31.9 Å². The maximum absolute atomic E-state index is 5.62. The van der Waals surface area contributed by atoms with Crippen LogP contribution in [-0.4, -0.2) is 27.4 Å². The molecule has 0 aromatic heterocycles. The number of rotatable bonds is 6. The van der Waals surface area contributed by atoms with E-state index in [1.807, 2.05) is 6.07 Å². The minimum Gasteiger partial charge on any atom is -1.00 e. The van der Waals surface area contributed by atoms with Gasteiger partial charge < -0.3 is 31.9 Å². The van der Waals surface area contributed by atoms with Gasteiger partial charge >= 0.3 is 0 Å². The summed E-state index contributed by atoms with van der Waals surface area (Å²) >= 11 is 0. The highest BCUT2D eigenvalue weighted by molar-refractivity contribution is 5.55. The summed E-state index contributed by atoms with van der Waals surface area (Å²) in [4.78, 5) is 0. The highest BCUT2D eigenvalue weighted by Gasteiger charge is 2.47. The Balaban J connectivity index is 0.00000182. The second-order valence-electron chi connectivity index (χ2n) is 7.83. The van der Waals surface area contributed by atoms with Gasteiger partial charge in [-0.05, 0) is 61.8 Å². The molecular formula is C20H29ClNO3-. The van der Waals surface area contributed by atoms with E-state index in [2.05, 4.69) is 11.4 Å². The zero-order valence-electron chi connectivity index (χ0n) is 15.4. The van der Waals surface area contributed by atoms with Crippen molar-refractivity contribution in [2.45, 2.75) is 44.7 Å². The molecule has 0 radical (unpaired) electrons. The molecular weight excluding hydrogens is 338 g/mol. The molecule has 0 amide bonds. The number of hydrogen-bond donors (Lipinski definition) is 1. The molecule has 0 spiro atoms. The fourth-order valence-corrected chi connectivity index (χ4v) is 5.79. The number of benzene rings is 1. The third kappa shape index (κ3) is 3.31. The lowest BCUT2D eigenvalue weighted by molar-refractivity contribution is -0.0143. The maximum Gasteiger partial charge on any atom is 0.203 e. The first kappa shape index (κ1) is 18.7. The van der Waals surface area contributed by atoms with E-state index in [9.17, 15) is 0 Å². The molecule has 0 saturated heterocycles. The van der Waals surface area contributed by atoms with Gasteiger partial charge in [-0.3, -0.25) is 0 Å². The van der Waals surface area contributed by atoms with E-state index in [0.29, 0.717) is 17.5 Å². The van der Waals surface area contributed by atoms with E-state index in [0.717, 1.165) is 41.5 Å². The van der Waals surface area contributed by atoms with Gasteiger partial charge in [0.1, 0.15) is 0 Å². The van der Waals surface area contributed by atoms with Crippen molar-refractivity contribution in [3.05, 3.63) is 17.7 Å². The van der Waals surface area contributed by atoms with Gasteiger partial charge in [0, 0.05) is 18.2 Å². The van der Waals surface area contributed by atoms with Gasteiger partial charge in [0.2, 0.25) is 5.75 Å². The fraction of sp³-hybridized carbons (Fsp3) is 0.700. The highest BCUT2D eigenvalue weighted by Crippen LogP contribution is 2.53. The molecule has 140 valence electrons. The van der Waals surface area contributed by atoms with Crippen molar-refractivity contribution in [1.82, 2.24) is 5.32 Å². The molecule has 4 aliphatic rings. The Labute approximate surface area is 157 Å². The van der Waals surface area contributed by atoms with E-state index >= 15 is 0 Å². The van der Waals surface area contributed by atoms with Gasteiger partial charge in [-0.25, -0.2) is 0 Å². The van der Waals surface area contributed by atoms with Crippen LogP contribution in [0.4, 0.5) is 0 Å². The number of methoxy groups -OCH3 is 3. The second kappa shape index (κ2) is 7.63. The normalized spacial score (nSPS) is 32.2. The van der Waals surface area contributed by atoms with Gasteiger partial charge in [0.25, 0.3) is 0 Å². The Bertz CT molecular complexity index is 579. The zero-order valence-corrected chi connectivity index (χ0v) is 16.1. The summed E-state index contributed by atoms with van der Waals surface area (Å²) in [6.45, 7) is 0.830. The van der Waals surface area contributed by atoms with Gasteiger partial charge in [-0.1, -0.05) is 6.07 Å². The van der Waals surface area contributed by atoms with Crippen LogP contribution in [0, 0.1) is 23.7 Å². The monoisotopic (exact) mass is 366 g/mol.